The summed E-state index contributed by atoms with van der Waals surface area (Å²) in [6.07, 6.45) is 7.37. The SMILES string of the molecule is Cc1ccc(Oc2ccc(CCOc3ncc(Cc4cncnc4)c(=O)[nH]3)cc2)cc1Cl. The van der Waals surface area contributed by atoms with E-state index >= 15 is 0 Å². The van der Waals surface area contributed by atoms with Gasteiger partial charge in [-0.05, 0) is 47.9 Å². The fourth-order valence-electron chi connectivity index (χ4n) is 3.01. The lowest BCUT2D eigenvalue weighted by atomic mass is 10.1. The van der Waals surface area contributed by atoms with Gasteiger partial charge in [0, 0.05) is 42.0 Å². The number of hydrogen-bond donors (Lipinski definition) is 1. The quantitative estimate of drug-likeness (QED) is 0.426. The molecule has 0 spiro atoms. The van der Waals surface area contributed by atoms with E-state index in [2.05, 4.69) is 19.9 Å². The molecular formula is C24H21ClN4O3. The van der Waals surface area contributed by atoms with Crippen LogP contribution in [0, 0.1) is 6.92 Å². The minimum atomic E-state index is -0.239. The topological polar surface area (TPSA) is 90.0 Å². The van der Waals surface area contributed by atoms with E-state index in [0.717, 1.165) is 22.4 Å². The van der Waals surface area contributed by atoms with Crippen LogP contribution < -0.4 is 15.0 Å². The second kappa shape index (κ2) is 10.1. The standard InChI is InChI=1S/C24H21ClN4O3/c1-16-2-5-21(11-22(16)25)32-20-6-3-17(4-7-20)8-9-31-24-28-14-19(23(30)29-24)10-18-12-26-15-27-13-18/h2-7,11-15H,8-10H2,1H3,(H,28,29,30). The summed E-state index contributed by atoms with van der Waals surface area (Å²) >= 11 is 6.14. The molecule has 8 heteroatoms. The van der Waals surface area contributed by atoms with Crippen LogP contribution in [0.5, 0.6) is 17.5 Å². The van der Waals surface area contributed by atoms with Gasteiger partial charge >= 0.3 is 0 Å². The van der Waals surface area contributed by atoms with Crippen LogP contribution in [0.15, 0.2) is 72.2 Å². The van der Waals surface area contributed by atoms with E-state index in [1.165, 1.54) is 12.5 Å². The number of H-pyrrole nitrogens is 1. The Labute approximate surface area is 190 Å². The molecule has 0 saturated heterocycles. The third kappa shape index (κ3) is 5.70. The van der Waals surface area contributed by atoms with Crippen molar-refractivity contribution < 1.29 is 9.47 Å². The van der Waals surface area contributed by atoms with Crippen molar-refractivity contribution >= 4 is 11.6 Å². The molecule has 2 heterocycles. The molecule has 0 fully saturated rings. The molecule has 0 aliphatic carbocycles. The number of halogens is 1. The van der Waals surface area contributed by atoms with E-state index in [9.17, 15) is 4.79 Å². The van der Waals surface area contributed by atoms with Gasteiger partial charge in [-0.1, -0.05) is 29.8 Å². The molecule has 1 N–H and O–H groups in total. The second-order valence-corrected chi connectivity index (χ2v) is 7.63. The van der Waals surface area contributed by atoms with Gasteiger partial charge in [-0.3, -0.25) is 9.78 Å². The third-order valence-electron chi connectivity index (χ3n) is 4.79. The first-order valence-electron chi connectivity index (χ1n) is 10.0. The number of hydrogen-bond acceptors (Lipinski definition) is 6. The third-order valence-corrected chi connectivity index (χ3v) is 5.20. The first kappa shape index (κ1) is 21.5. The van der Waals surface area contributed by atoms with Gasteiger partial charge < -0.3 is 9.47 Å². The summed E-state index contributed by atoms with van der Waals surface area (Å²) in [4.78, 5) is 27.0. The van der Waals surface area contributed by atoms with E-state index in [0.29, 0.717) is 35.8 Å². The molecule has 0 atom stereocenters. The maximum absolute atomic E-state index is 12.3. The maximum atomic E-state index is 12.3. The Morgan fingerprint density at radius 1 is 0.969 bits per heavy atom. The van der Waals surface area contributed by atoms with Gasteiger partial charge in [0.25, 0.3) is 11.6 Å². The number of nitrogens with zero attached hydrogens (tertiary/aromatic N) is 3. The monoisotopic (exact) mass is 448 g/mol. The van der Waals surface area contributed by atoms with Crippen LogP contribution >= 0.6 is 11.6 Å². The fraction of sp³-hybridized carbons (Fsp3) is 0.167. The van der Waals surface area contributed by atoms with Crippen LogP contribution in [-0.2, 0) is 12.8 Å². The molecule has 0 unspecified atom stereocenters. The second-order valence-electron chi connectivity index (χ2n) is 7.22. The molecule has 4 aromatic rings. The average Bonchev–Trinajstić information content (AvgIpc) is 2.80. The van der Waals surface area contributed by atoms with Crippen molar-refractivity contribution in [1.82, 2.24) is 19.9 Å². The van der Waals surface area contributed by atoms with Gasteiger partial charge in [-0.15, -0.1) is 0 Å². The number of aryl methyl sites for hydroxylation is 1. The van der Waals surface area contributed by atoms with Crippen LogP contribution in [0.3, 0.4) is 0 Å². The van der Waals surface area contributed by atoms with Crippen LogP contribution in [0.1, 0.15) is 22.3 Å². The maximum Gasteiger partial charge on any atom is 0.296 e. The Bertz CT molecular complexity index is 1240. The first-order valence-corrected chi connectivity index (χ1v) is 10.4. The smallest absolute Gasteiger partial charge is 0.296 e. The average molecular weight is 449 g/mol. The first-order chi connectivity index (χ1) is 15.6. The Kier molecular flexibility index (Phi) is 6.77. The molecule has 7 nitrogen and oxygen atoms in total. The molecule has 162 valence electrons. The minimum absolute atomic E-state index is 0.194. The van der Waals surface area contributed by atoms with Gasteiger partial charge in [-0.2, -0.15) is 0 Å². The van der Waals surface area contributed by atoms with Gasteiger partial charge in [0.15, 0.2) is 0 Å². The summed E-state index contributed by atoms with van der Waals surface area (Å²) in [6, 6.07) is 13.5. The molecule has 0 radical (unpaired) electrons. The fourth-order valence-corrected chi connectivity index (χ4v) is 3.18. The molecule has 0 amide bonds. The Balaban J connectivity index is 1.29. The van der Waals surface area contributed by atoms with Crippen LogP contribution in [0.25, 0.3) is 0 Å². The lowest BCUT2D eigenvalue weighted by Crippen LogP contribution is -2.16. The predicted octanol–water partition coefficient (Wildman–Crippen LogP) is 4.53. The number of nitrogens with one attached hydrogen (secondary N) is 1. The largest absolute Gasteiger partial charge is 0.464 e. The highest BCUT2D eigenvalue weighted by Gasteiger charge is 2.06. The molecular weight excluding hydrogens is 428 g/mol. The van der Waals surface area contributed by atoms with Crippen molar-refractivity contribution in [2.75, 3.05) is 6.61 Å². The van der Waals surface area contributed by atoms with Gasteiger partial charge in [-0.25, -0.2) is 15.0 Å². The molecule has 0 aliphatic heterocycles. The number of rotatable bonds is 8. The minimum Gasteiger partial charge on any atom is -0.464 e. The lowest BCUT2D eigenvalue weighted by molar-refractivity contribution is 0.295. The summed E-state index contributed by atoms with van der Waals surface area (Å²) in [6.45, 7) is 2.32. The van der Waals surface area contributed by atoms with Gasteiger partial charge in [0.1, 0.15) is 17.8 Å². The number of benzene rings is 2. The summed E-state index contributed by atoms with van der Waals surface area (Å²) in [5, 5.41) is 0.671. The van der Waals surface area contributed by atoms with Crippen LogP contribution in [0.2, 0.25) is 5.02 Å². The van der Waals surface area contributed by atoms with Crippen LogP contribution in [0.4, 0.5) is 0 Å². The van der Waals surface area contributed by atoms with E-state index < -0.39 is 0 Å². The molecule has 2 aromatic carbocycles. The van der Waals surface area contributed by atoms with E-state index in [4.69, 9.17) is 21.1 Å². The number of aromatic nitrogens is 4. The van der Waals surface area contributed by atoms with E-state index in [-0.39, 0.29) is 11.6 Å². The zero-order chi connectivity index (χ0) is 22.3. The number of ether oxygens (including phenoxy) is 2. The molecule has 32 heavy (non-hydrogen) atoms. The highest BCUT2D eigenvalue weighted by molar-refractivity contribution is 6.31. The van der Waals surface area contributed by atoms with Crippen molar-refractivity contribution in [3.05, 3.63) is 105 Å². The van der Waals surface area contributed by atoms with Crippen molar-refractivity contribution in [2.24, 2.45) is 0 Å². The van der Waals surface area contributed by atoms with Crippen molar-refractivity contribution in [1.29, 1.82) is 0 Å². The van der Waals surface area contributed by atoms with Crippen molar-refractivity contribution in [2.45, 2.75) is 19.8 Å². The molecule has 0 bridgehead atoms. The summed E-state index contributed by atoms with van der Waals surface area (Å²) in [7, 11) is 0. The Morgan fingerprint density at radius 3 is 2.44 bits per heavy atom. The Hall–Kier alpha value is -3.71. The molecule has 0 saturated carbocycles. The van der Waals surface area contributed by atoms with E-state index in [1.807, 2.05) is 43.3 Å². The highest BCUT2D eigenvalue weighted by atomic mass is 35.5. The highest BCUT2D eigenvalue weighted by Crippen LogP contribution is 2.26. The molecule has 0 aliphatic rings. The zero-order valence-corrected chi connectivity index (χ0v) is 18.2. The summed E-state index contributed by atoms with van der Waals surface area (Å²) in [5.74, 6) is 1.41. The summed E-state index contributed by atoms with van der Waals surface area (Å²) in [5.41, 5.74) is 3.20. The van der Waals surface area contributed by atoms with E-state index in [1.54, 1.807) is 18.5 Å². The predicted molar refractivity (Wildman–Crippen MR) is 122 cm³/mol. The van der Waals surface area contributed by atoms with Gasteiger partial charge in [0.2, 0.25) is 0 Å². The molecule has 4 rings (SSSR count). The normalized spacial score (nSPS) is 10.7. The molecule has 2 aromatic heterocycles. The van der Waals surface area contributed by atoms with Crippen molar-refractivity contribution in [3.8, 4) is 17.5 Å². The lowest BCUT2D eigenvalue weighted by Gasteiger charge is -2.09. The zero-order valence-electron chi connectivity index (χ0n) is 17.4. The van der Waals surface area contributed by atoms with Crippen molar-refractivity contribution in [3.63, 3.8) is 0 Å². The number of aromatic amines is 1. The summed E-state index contributed by atoms with van der Waals surface area (Å²) < 4.78 is 11.4. The van der Waals surface area contributed by atoms with Crippen LogP contribution in [-0.4, -0.2) is 26.5 Å². The van der Waals surface area contributed by atoms with Gasteiger partial charge in [0.05, 0.1) is 6.61 Å². The Morgan fingerprint density at radius 2 is 1.72 bits per heavy atom.